The van der Waals surface area contributed by atoms with Gasteiger partial charge in [-0.25, -0.2) is 14.8 Å². The molecule has 0 aromatic carbocycles. The van der Waals surface area contributed by atoms with Crippen LogP contribution in [0.25, 0.3) is 11.5 Å². The van der Waals surface area contributed by atoms with Gasteiger partial charge in [-0.2, -0.15) is 0 Å². The van der Waals surface area contributed by atoms with E-state index in [1.54, 1.807) is 20.2 Å². The summed E-state index contributed by atoms with van der Waals surface area (Å²) in [5.41, 5.74) is 1.75. The lowest BCUT2D eigenvalue weighted by Gasteiger charge is -2.37. The number of H-pyrrole nitrogens is 1. The predicted octanol–water partition coefficient (Wildman–Crippen LogP) is 4.89. The number of aromatic amines is 1. The van der Waals surface area contributed by atoms with Crippen molar-refractivity contribution < 1.29 is 19.1 Å². The number of thiazole rings is 1. The first-order valence-electron chi connectivity index (χ1n) is 11.2. The highest BCUT2D eigenvalue weighted by Crippen LogP contribution is 2.37. The highest BCUT2D eigenvalue weighted by atomic mass is 79.9. The van der Waals surface area contributed by atoms with Crippen LogP contribution in [0.4, 0.5) is 5.13 Å². The molecule has 0 unspecified atom stereocenters. The predicted molar refractivity (Wildman–Crippen MR) is 139 cm³/mol. The number of aryl methyl sites for hydroxylation is 2. The third-order valence-electron chi connectivity index (χ3n) is 6.16. The van der Waals surface area contributed by atoms with Gasteiger partial charge in [-0.1, -0.05) is 22.9 Å². The van der Waals surface area contributed by atoms with Crippen molar-refractivity contribution in [3.05, 3.63) is 38.2 Å². The average molecular weight is 585 g/mol. The molecule has 188 valence electrons. The third-order valence-corrected chi connectivity index (χ3v) is 8.75. The van der Waals surface area contributed by atoms with Gasteiger partial charge in [-0.15, -0.1) is 0 Å². The van der Waals surface area contributed by atoms with Crippen LogP contribution in [-0.2, 0) is 16.5 Å². The van der Waals surface area contributed by atoms with Gasteiger partial charge >= 0.3 is 5.97 Å². The average Bonchev–Trinajstić information content (AvgIpc) is 3.53. The number of piperidine rings is 1. The molecule has 9 nitrogen and oxygen atoms in total. The van der Waals surface area contributed by atoms with E-state index in [0.717, 1.165) is 12.1 Å². The van der Waals surface area contributed by atoms with Crippen LogP contribution in [0, 0.1) is 12.8 Å². The number of anilines is 1. The molecule has 3 aromatic heterocycles. The lowest BCUT2D eigenvalue weighted by molar-refractivity contribution is 0.0374. The quantitative estimate of drug-likeness (QED) is 0.297. The summed E-state index contributed by atoms with van der Waals surface area (Å²) in [6.07, 6.45) is 4.38. The van der Waals surface area contributed by atoms with E-state index >= 15 is 0 Å². The summed E-state index contributed by atoms with van der Waals surface area (Å²) in [7, 11) is 3.51. The molecule has 4 rings (SSSR count). The molecule has 1 N–H and O–H groups in total. The first-order chi connectivity index (χ1) is 16.7. The molecule has 35 heavy (non-hydrogen) atoms. The van der Waals surface area contributed by atoms with Crippen molar-refractivity contribution in [2.45, 2.75) is 32.8 Å². The van der Waals surface area contributed by atoms with Crippen LogP contribution in [-0.4, -0.2) is 64.2 Å². The number of ketones is 1. The van der Waals surface area contributed by atoms with Crippen molar-refractivity contribution in [3.8, 4) is 11.5 Å². The van der Waals surface area contributed by atoms with Gasteiger partial charge in [0.2, 0.25) is 0 Å². The number of hydrogen-bond donors (Lipinski definition) is 1. The second-order valence-corrected chi connectivity index (χ2v) is 10.6. The Hall–Kier alpha value is -2.21. The van der Waals surface area contributed by atoms with Gasteiger partial charge in [-0.3, -0.25) is 4.79 Å². The van der Waals surface area contributed by atoms with Gasteiger partial charge < -0.3 is 23.9 Å². The van der Waals surface area contributed by atoms with Gasteiger partial charge in [0, 0.05) is 51.8 Å². The van der Waals surface area contributed by atoms with Crippen molar-refractivity contribution in [2.75, 3.05) is 31.7 Å². The van der Waals surface area contributed by atoms with E-state index in [-0.39, 0.29) is 24.4 Å². The molecule has 1 aliphatic rings. The molecule has 3 aromatic rings. The minimum atomic E-state index is -0.413. The number of imidazole rings is 1. The number of carbonyl (C=O) groups is 2. The second-order valence-electron chi connectivity index (χ2n) is 8.41. The zero-order valence-electron chi connectivity index (χ0n) is 19.9. The smallest absolute Gasteiger partial charge is 0.350 e. The molecule has 1 fully saturated rings. The minimum absolute atomic E-state index is 0.0108. The van der Waals surface area contributed by atoms with Crippen molar-refractivity contribution in [1.29, 1.82) is 0 Å². The maximum atomic E-state index is 13.0. The Labute approximate surface area is 220 Å². The highest BCUT2D eigenvalue weighted by Gasteiger charge is 2.34. The molecule has 1 saturated heterocycles. The summed E-state index contributed by atoms with van der Waals surface area (Å²) >= 11 is 10.9. The third kappa shape index (κ3) is 5.18. The van der Waals surface area contributed by atoms with Crippen molar-refractivity contribution in [2.24, 2.45) is 13.0 Å². The van der Waals surface area contributed by atoms with Gasteiger partial charge in [0.25, 0.3) is 0 Å². The fourth-order valence-corrected chi connectivity index (χ4v) is 6.02. The van der Waals surface area contributed by atoms with Crippen molar-refractivity contribution >= 4 is 55.8 Å². The normalized spacial score (nSPS) is 18.2. The van der Waals surface area contributed by atoms with Gasteiger partial charge in [-0.05, 0) is 42.1 Å². The number of methoxy groups -OCH3 is 1. The molecule has 0 bridgehead atoms. The summed E-state index contributed by atoms with van der Waals surface area (Å²) in [4.78, 5) is 40.4. The summed E-state index contributed by atoms with van der Waals surface area (Å²) in [5.74, 6) is 0.216. The number of nitrogens with zero attached hydrogens (tertiary/aromatic N) is 4. The number of esters is 1. The summed E-state index contributed by atoms with van der Waals surface area (Å²) in [6, 6.07) is 0. The Balaban J connectivity index is 1.54. The maximum absolute atomic E-state index is 13.0. The van der Waals surface area contributed by atoms with E-state index in [9.17, 15) is 9.59 Å². The number of hydrogen-bond acceptors (Lipinski definition) is 8. The van der Waals surface area contributed by atoms with Gasteiger partial charge in [0.1, 0.15) is 10.6 Å². The Morgan fingerprint density at radius 3 is 2.77 bits per heavy atom. The number of nitrogens with one attached hydrogen (secondary N) is 1. The Morgan fingerprint density at radius 2 is 2.17 bits per heavy atom. The highest BCUT2D eigenvalue weighted by molar-refractivity contribution is 9.10. The van der Waals surface area contributed by atoms with E-state index < -0.39 is 5.97 Å². The van der Waals surface area contributed by atoms with Crippen LogP contribution in [0.5, 0.6) is 0 Å². The molecular formula is C23H27BrClN5O4S. The van der Waals surface area contributed by atoms with Gasteiger partial charge in [0.05, 0.1) is 27.9 Å². The molecule has 2 atom stereocenters. The van der Waals surface area contributed by atoms with Gasteiger partial charge in [0.15, 0.2) is 16.7 Å². The van der Waals surface area contributed by atoms with Crippen LogP contribution >= 0.6 is 38.9 Å². The topological polar surface area (TPSA) is 102 Å². The molecule has 0 saturated carbocycles. The van der Waals surface area contributed by atoms with Crippen molar-refractivity contribution in [3.63, 3.8) is 0 Å². The molecule has 0 radical (unpaired) electrons. The van der Waals surface area contributed by atoms with E-state index in [4.69, 9.17) is 26.1 Å². The van der Waals surface area contributed by atoms with Crippen LogP contribution < -0.4 is 4.90 Å². The summed E-state index contributed by atoms with van der Waals surface area (Å²) < 4.78 is 13.5. The number of ether oxygens (including phenoxy) is 2. The lowest BCUT2D eigenvalue weighted by Crippen LogP contribution is -2.45. The second kappa shape index (κ2) is 10.8. The van der Waals surface area contributed by atoms with Crippen LogP contribution in [0.2, 0.25) is 5.02 Å². The molecule has 1 aliphatic heterocycles. The number of Topliss-reactive ketones (excluding diaryl/α,β-unsaturated/α-hetero) is 1. The first-order valence-corrected chi connectivity index (χ1v) is 13.2. The van der Waals surface area contributed by atoms with Crippen LogP contribution in [0.15, 0.2) is 16.9 Å². The lowest BCUT2D eigenvalue weighted by atomic mass is 9.88. The molecule has 0 spiro atoms. The number of rotatable bonds is 8. The van der Waals surface area contributed by atoms with Crippen LogP contribution in [0.3, 0.4) is 0 Å². The Bertz CT molecular complexity index is 1240. The molecule has 0 amide bonds. The fourth-order valence-electron chi connectivity index (χ4n) is 4.27. The minimum Gasteiger partial charge on any atom is -0.462 e. The fraction of sp³-hybridized carbons (Fsp3) is 0.478. The number of halogens is 2. The molecule has 4 heterocycles. The maximum Gasteiger partial charge on any atom is 0.350 e. The van der Waals surface area contributed by atoms with Crippen molar-refractivity contribution in [1.82, 2.24) is 19.5 Å². The summed E-state index contributed by atoms with van der Waals surface area (Å²) in [6.45, 7) is 5.11. The molecular weight excluding hydrogens is 558 g/mol. The zero-order valence-corrected chi connectivity index (χ0v) is 23.1. The summed E-state index contributed by atoms with van der Waals surface area (Å²) in [5, 5.41) is 1.23. The number of aromatic nitrogens is 4. The molecule has 0 aliphatic carbocycles. The Morgan fingerprint density at radius 1 is 1.40 bits per heavy atom. The van der Waals surface area contributed by atoms with Crippen LogP contribution in [0.1, 0.15) is 45.6 Å². The SMILES string of the molecule is CCOC(=O)c1sc(N2CC[C@@H](CC(=O)c3[nH]c(C)c(Cl)c3Br)[C@@H](OC)C2)nc1-c1nccn1C. The number of carbonyl (C=O) groups excluding carboxylic acids is 2. The monoisotopic (exact) mass is 583 g/mol. The standard InChI is InChI=1S/C23H27BrClN5O4S/c1-5-34-22(32)20-19(21-26-7-9-29(21)3)28-23(35-20)30-8-6-13(15(11-30)33-4)10-14(31)18-16(24)17(25)12(2)27-18/h7,9,13,15,27H,5-6,8,10-11H2,1-4H3/t13-,15-/m0/s1. The van der Waals surface area contributed by atoms with E-state index in [1.807, 2.05) is 24.7 Å². The Kier molecular flexibility index (Phi) is 7.99. The van der Waals surface area contributed by atoms with E-state index in [1.165, 1.54) is 11.3 Å². The van der Waals surface area contributed by atoms with E-state index in [2.05, 4.69) is 30.8 Å². The molecule has 12 heteroatoms. The largest absolute Gasteiger partial charge is 0.462 e. The first kappa shape index (κ1) is 25.9. The van der Waals surface area contributed by atoms with E-state index in [0.29, 0.717) is 56.2 Å². The zero-order chi connectivity index (χ0) is 25.3.